The highest BCUT2D eigenvalue weighted by atomic mass is 16.3. The molecule has 1 fully saturated rings. The molecule has 7 nitrogen and oxygen atoms in total. The lowest BCUT2D eigenvalue weighted by Gasteiger charge is -2.37. The SMILES string of the molecule is C[C@@H](c1c[nH]c2ccccc12)[C@@H](NC(=O)N1CCN(c2ccccc2)CC1)C(N)O. The lowest BCUT2D eigenvalue weighted by atomic mass is 9.92. The number of urea groups is 1. The smallest absolute Gasteiger partial charge is 0.317 e. The maximum Gasteiger partial charge on any atom is 0.317 e. The number of rotatable bonds is 5. The monoisotopic (exact) mass is 407 g/mol. The minimum absolute atomic E-state index is 0.157. The number of hydrogen-bond acceptors (Lipinski definition) is 4. The number of benzene rings is 2. The Morgan fingerprint density at radius 2 is 1.73 bits per heavy atom. The van der Waals surface area contributed by atoms with Gasteiger partial charge in [0.2, 0.25) is 0 Å². The molecule has 1 aromatic heterocycles. The Labute approximate surface area is 176 Å². The van der Waals surface area contributed by atoms with Crippen molar-refractivity contribution in [3.05, 3.63) is 66.4 Å². The Kier molecular flexibility index (Phi) is 5.92. The number of nitrogens with two attached hydrogens (primary N) is 1. The van der Waals surface area contributed by atoms with Crippen LogP contribution in [-0.4, -0.2) is 59.5 Å². The second kappa shape index (κ2) is 8.77. The number of para-hydroxylation sites is 2. The minimum atomic E-state index is -1.16. The van der Waals surface area contributed by atoms with E-state index in [9.17, 15) is 9.90 Å². The molecule has 4 rings (SSSR count). The van der Waals surface area contributed by atoms with E-state index < -0.39 is 12.3 Å². The molecule has 158 valence electrons. The van der Waals surface area contributed by atoms with Gasteiger partial charge in [-0.25, -0.2) is 4.79 Å². The zero-order valence-electron chi connectivity index (χ0n) is 17.2. The minimum Gasteiger partial charge on any atom is -0.377 e. The molecule has 5 N–H and O–H groups in total. The average molecular weight is 408 g/mol. The van der Waals surface area contributed by atoms with Gasteiger partial charge in [0.1, 0.15) is 6.23 Å². The summed E-state index contributed by atoms with van der Waals surface area (Å²) in [5.74, 6) is -0.157. The van der Waals surface area contributed by atoms with E-state index in [0.29, 0.717) is 13.1 Å². The van der Waals surface area contributed by atoms with Gasteiger partial charge < -0.3 is 30.9 Å². The molecule has 2 heterocycles. The number of fused-ring (bicyclic) bond motifs is 1. The second-order valence-electron chi connectivity index (χ2n) is 7.85. The molecule has 3 aromatic rings. The number of aliphatic hydroxyl groups excluding tert-OH is 1. The molecule has 0 radical (unpaired) electrons. The molecular weight excluding hydrogens is 378 g/mol. The number of piperazine rings is 1. The largest absolute Gasteiger partial charge is 0.377 e. The molecule has 2 amide bonds. The van der Waals surface area contributed by atoms with Crippen LogP contribution in [0.25, 0.3) is 10.9 Å². The number of aliphatic hydroxyl groups is 1. The first-order valence-electron chi connectivity index (χ1n) is 10.4. The van der Waals surface area contributed by atoms with Crippen LogP contribution in [0.3, 0.4) is 0 Å². The van der Waals surface area contributed by atoms with E-state index in [-0.39, 0.29) is 11.9 Å². The summed E-state index contributed by atoms with van der Waals surface area (Å²) in [4.78, 5) is 20.2. The van der Waals surface area contributed by atoms with Gasteiger partial charge in [-0.1, -0.05) is 43.3 Å². The van der Waals surface area contributed by atoms with E-state index in [0.717, 1.165) is 29.6 Å². The number of hydrogen-bond donors (Lipinski definition) is 4. The van der Waals surface area contributed by atoms with E-state index in [2.05, 4.69) is 27.3 Å². The van der Waals surface area contributed by atoms with Crippen LogP contribution in [0.15, 0.2) is 60.8 Å². The maximum atomic E-state index is 12.9. The first kappa shape index (κ1) is 20.3. The van der Waals surface area contributed by atoms with Crippen LogP contribution in [-0.2, 0) is 0 Å². The summed E-state index contributed by atoms with van der Waals surface area (Å²) < 4.78 is 0. The number of amides is 2. The highest BCUT2D eigenvalue weighted by Crippen LogP contribution is 2.28. The summed E-state index contributed by atoms with van der Waals surface area (Å²) in [5, 5.41) is 14.3. The molecule has 0 spiro atoms. The molecule has 2 aromatic carbocycles. The standard InChI is InChI=1S/C23H29N5O2/c1-16(19-15-25-20-10-6-5-9-18(19)20)21(22(24)29)26-23(30)28-13-11-27(12-14-28)17-7-3-2-4-8-17/h2-10,15-16,21-22,25,29H,11-14,24H2,1H3,(H,26,30)/t16-,21+,22?/m0/s1. The van der Waals surface area contributed by atoms with Crippen LogP contribution in [0.1, 0.15) is 18.4 Å². The third-order valence-corrected chi connectivity index (χ3v) is 6.00. The molecule has 1 aliphatic rings. The molecule has 3 atom stereocenters. The Bertz CT molecular complexity index is 979. The van der Waals surface area contributed by atoms with Crippen molar-refractivity contribution in [2.45, 2.75) is 25.1 Å². The lowest BCUT2D eigenvalue weighted by Crippen LogP contribution is -2.57. The van der Waals surface area contributed by atoms with Crippen molar-refractivity contribution in [2.24, 2.45) is 5.73 Å². The van der Waals surface area contributed by atoms with E-state index in [1.807, 2.05) is 55.6 Å². The fourth-order valence-electron chi connectivity index (χ4n) is 4.21. The Hall–Kier alpha value is -3.03. The van der Waals surface area contributed by atoms with Crippen molar-refractivity contribution in [1.29, 1.82) is 0 Å². The third-order valence-electron chi connectivity index (χ3n) is 6.00. The predicted molar refractivity (Wildman–Crippen MR) is 119 cm³/mol. The highest BCUT2D eigenvalue weighted by molar-refractivity contribution is 5.84. The average Bonchev–Trinajstić information content (AvgIpc) is 3.21. The zero-order valence-corrected chi connectivity index (χ0v) is 17.2. The number of carbonyl (C=O) groups excluding carboxylic acids is 1. The normalized spacial score (nSPS) is 17.6. The van der Waals surface area contributed by atoms with E-state index in [4.69, 9.17) is 5.73 Å². The number of aromatic amines is 1. The summed E-state index contributed by atoms with van der Waals surface area (Å²) in [7, 11) is 0. The van der Waals surface area contributed by atoms with Gasteiger partial charge >= 0.3 is 6.03 Å². The van der Waals surface area contributed by atoms with Crippen LogP contribution in [0.2, 0.25) is 0 Å². The number of nitrogens with one attached hydrogen (secondary N) is 2. The van der Waals surface area contributed by atoms with Crippen molar-refractivity contribution >= 4 is 22.6 Å². The summed E-state index contributed by atoms with van der Waals surface area (Å²) in [5.41, 5.74) is 9.08. The highest BCUT2D eigenvalue weighted by Gasteiger charge is 2.30. The van der Waals surface area contributed by atoms with Gasteiger partial charge in [-0.05, 0) is 23.8 Å². The first-order chi connectivity index (χ1) is 14.5. The van der Waals surface area contributed by atoms with Gasteiger partial charge in [0.25, 0.3) is 0 Å². The Balaban J connectivity index is 1.41. The van der Waals surface area contributed by atoms with Crippen molar-refractivity contribution in [1.82, 2.24) is 15.2 Å². The van der Waals surface area contributed by atoms with Gasteiger partial charge in [0.15, 0.2) is 0 Å². The molecular formula is C23H29N5O2. The van der Waals surface area contributed by atoms with Crippen LogP contribution in [0.4, 0.5) is 10.5 Å². The van der Waals surface area contributed by atoms with Gasteiger partial charge in [-0.2, -0.15) is 0 Å². The fraction of sp³-hybridized carbons (Fsp3) is 0.348. The van der Waals surface area contributed by atoms with Crippen LogP contribution >= 0.6 is 0 Å². The number of anilines is 1. The number of carbonyl (C=O) groups is 1. The summed E-state index contributed by atoms with van der Waals surface area (Å²) in [6.07, 6.45) is 0.762. The molecule has 30 heavy (non-hydrogen) atoms. The van der Waals surface area contributed by atoms with Crippen LogP contribution in [0, 0.1) is 0 Å². The lowest BCUT2D eigenvalue weighted by molar-refractivity contribution is 0.117. The maximum absolute atomic E-state index is 12.9. The van der Waals surface area contributed by atoms with Gasteiger partial charge in [-0.3, -0.25) is 0 Å². The van der Waals surface area contributed by atoms with E-state index in [1.165, 1.54) is 5.69 Å². The van der Waals surface area contributed by atoms with Crippen LogP contribution in [0.5, 0.6) is 0 Å². The molecule has 0 bridgehead atoms. The van der Waals surface area contributed by atoms with E-state index >= 15 is 0 Å². The van der Waals surface area contributed by atoms with Crippen molar-refractivity contribution in [2.75, 3.05) is 31.1 Å². The summed E-state index contributed by atoms with van der Waals surface area (Å²) >= 11 is 0. The Morgan fingerprint density at radius 3 is 2.43 bits per heavy atom. The molecule has 7 heteroatoms. The van der Waals surface area contributed by atoms with Crippen molar-refractivity contribution in [3.63, 3.8) is 0 Å². The number of H-pyrrole nitrogens is 1. The van der Waals surface area contributed by atoms with Gasteiger partial charge in [-0.15, -0.1) is 0 Å². The molecule has 1 aliphatic heterocycles. The zero-order chi connectivity index (χ0) is 21.1. The Morgan fingerprint density at radius 1 is 1.07 bits per heavy atom. The predicted octanol–water partition coefficient (Wildman–Crippen LogP) is 2.45. The fourth-order valence-corrected chi connectivity index (χ4v) is 4.21. The van der Waals surface area contributed by atoms with E-state index in [1.54, 1.807) is 4.90 Å². The molecule has 1 unspecified atom stereocenters. The van der Waals surface area contributed by atoms with Gasteiger partial charge in [0.05, 0.1) is 6.04 Å². The molecule has 0 saturated carbocycles. The van der Waals surface area contributed by atoms with Crippen LogP contribution < -0.4 is 16.0 Å². The molecule has 0 aliphatic carbocycles. The first-order valence-corrected chi connectivity index (χ1v) is 10.4. The van der Waals surface area contributed by atoms with Crippen molar-refractivity contribution in [3.8, 4) is 0 Å². The number of aromatic nitrogens is 1. The van der Waals surface area contributed by atoms with Crippen molar-refractivity contribution < 1.29 is 9.90 Å². The molecule has 1 saturated heterocycles. The third kappa shape index (κ3) is 4.13. The van der Waals surface area contributed by atoms with Gasteiger partial charge in [0, 0.05) is 54.9 Å². The quantitative estimate of drug-likeness (QED) is 0.489. The number of nitrogens with zero attached hydrogens (tertiary/aromatic N) is 2. The summed E-state index contributed by atoms with van der Waals surface area (Å²) in [6.45, 7) is 4.76. The topological polar surface area (TPSA) is 97.6 Å². The summed E-state index contributed by atoms with van der Waals surface area (Å²) in [6, 6.07) is 17.4. The second-order valence-corrected chi connectivity index (χ2v) is 7.85.